The number of aryl methyl sites for hydroxylation is 1. The zero-order valence-electron chi connectivity index (χ0n) is 8.18. The first-order chi connectivity index (χ1) is 6.24. The lowest BCUT2D eigenvalue weighted by Gasteiger charge is -2.08. The van der Waals surface area contributed by atoms with Crippen LogP contribution >= 0.6 is 0 Å². The van der Waals surface area contributed by atoms with Crippen LogP contribution in [-0.4, -0.2) is 11.8 Å². The van der Waals surface area contributed by atoms with Gasteiger partial charge in [0.15, 0.2) is 5.75 Å². The second-order valence-electron chi connectivity index (χ2n) is 3.20. The topological polar surface area (TPSA) is 31.4 Å². The van der Waals surface area contributed by atoms with Gasteiger partial charge in [0.2, 0.25) is 6.79 Å². The van der Waals surface area contributed by atoms with Crippen molar-refractivity contribution in [3.05, 3.63) is 16.8 Å². The molecule has 1 aliphatic rings. The second kappa shape index (κ2) is 2.91. The molecule has 2 rings (SSSR count). The molecule has 0 spiro atoms. The number of pyridine rings is 1. The van der Waals surface area contributed by atoms with E-state index in [-0.39, 0.29) is 0 Å². The Labute approximate surface area is 77.7 Å². The molecular weight excluding hydrogens is 166 g/mol. The van der Waals surface area contributed by atoms with Crippen LogP contribution in [-0.2, 0) is 6.42 Å². The Morgan fingerprint density at radius 3 is 2.77 bits per heavy atom. The predicted molar refractivity (Wildman–Crippen MR) is 49.2 cm³/mol. The van der Waals surface area contributed by atoms with Crippen molar-refractivity contribution in [3.8, 4) is 11.6 Å². The van der Waals surface area contributed by atoms with Crippen molar-refractivity contribution in [2.45, 2.75) is 27.2 Å². The summed E-state index contributed by atoms with van der Waals surface area (Å²) in [5, 5.41) is 0. The fourth-order valence-corrected chi connectivity index (χ4v) is 1.62. The van der Waals surface area contributed by atoms with Gasteiger partial charge in [-0.3, -0.25) is 0 Å². The summed E-state index contributed by atoms with van der Waals surface area (Å²) < 4.78 is 10.6. The highest BCUT2D eigenvalue weighted by molar-refractivity contribution is 5.49. The molecule has 0 atom stereocenters. The molecule has 3 nitrogen and oxygen atoms in total. The summed E-state index contributed by atoms with van der Waals surface area (Å²) in [6.07, 6.45) is 0.959. The number of rotatable bonds is 1. The third kappa shape index (κ3) is 1.15. The summed E-state index contributed by atoms with van der Waals surface area (Å²) in [6, 6.07) is 0. The maximum absolute atomic E-state index is 5.37. The molecule has 0 fully saturated rings. The van der Waals surface area contributed by atoms with Crippen LogP contribution in [0, 0.1) is 13.8 Å². The van der Waals surface area contributed by atoms with Crippen LogP contribution in [0.2, 0.25) is 0 Å². The van der Waals surface area contributed by atoms with E-state index < -0.39 is 0 Å². The third-order valence-electron chi connectivity index (χ3n) is 2.49. The summed E-state index contributed by atoms with van der Waals surface area (Å²) in [7, 11) is 0. The highest BCUT2D eigenvalue weighted by Crippen LogP contribution is 2.36. The molecule has 0 aliphatic carbocycles. The van der Waals surface area contributed by atoms with E-state index in [1.54, 1.807) is 0 Å². The Kier molecular flexibility index (Phi) is 1.87. The van der Waals surface area contributed by atoms with E-state index in [4.69, 9.17) is 9.47 Å². The average molecular weight is 179 g/mol. The molecule has 0 saturated heterocycles. The minimum Gasteiger partial charge on any atom is -0.451 e. The van der Waals surface area contributed by atoms with Crippen molar-refractivity contribution in [2.75, 3.05) is 6.79 Å². The lowest BCUT2D eigenvalue weighted by atomic mass is 10.1. The van der Waals surface area contributed by atoms with Gasteiger partial charge in [0, 0.05) is 11.3 Å². The molecule has 70 valence electrons. The van der Waals surface area contributed by atoms with Crippen LogP contribution in [0.5, 0.6) is 11.6 Å². The summed E-state index contributed by atoms with van der Waals surface area (Å²) in [6.45, 7) is 6.49. The molecule has 2 heterocycles. The first kappa shape index (κ1) is 8.35. The predicted octanol–water partition coefficient (Wildman–Crippen LogP) is 1.99. The third-order valence-corrected chi connectivity index (χ3v) is 2.49. The van der Waals surface area contributed by atoms with Gasteiger partial charge >= 0.3 is 0 Å². The van der Waals surface area contributed by atoms with Crippen LogP contribution in [0.15, 0.2) is 0 Å². The number of ether oxygens (including phenoxy) is 2. The van der Waals surface area contributed by atoms with Crippen molar-refractivity contribution in [2.24, 2.45) is 0 Å². The Morgan fingerprint density at radius 1 is 1.31 bits per heavy atom. The van der Waals surface area contributed by atoms with Crippen molar-refractivity contribution >= 4 is 0 Å². The van der Waals surface area contributed by atoms with Crippen molar-refractivity contribution < 1.29 is 9.47 Å². The van der Waals surface area contributed by atoms with E-state index in [0.29, 0.717) is 12.7 Å². The van der Waals surface area contributed by atoms with Gasteiger partial charge < -0.3 is 9.47 Å². The van der Waals surface area contributed by atoms with E-state index in [1.165, 1.54) is 11.1 Å². The fraction of sp³-hybridized carbons (Fsp3) is 0.500. The highest BCUT2D eigenvalue weighted by Gasteiger charge is 2.21. The molecule has 0 amide bonds. The standard InChI is InChI=1S/C10H13NO2/c1-4-8-6(2)7(3)11-10-9(8)12-5-13-10/h4-5H2,1-3H3. The monoisotopic (exact) mass is 179 g/mol. The number of hydrogen-bond donors (Lipinski definition) is 0. The van der Waals surface area contributed by atoms with Crippen molar-refractivity contribution in [1.82, 2.24) is 4.98 Å². The van der Waals surface area contributed by atoms with Gasteiger partial charge in [-0.05, 0) is 25.8 Å². The molecule has 1 aromatic heterocycles. The smallest absolute Gasteiger partial charge is 0.260 e. The van der Waals surface area contributed by atoms with Gasteiger partial charge in [-0.15, -0.1) is 0 Å². The SMILES string of the molecule is CCc1c(C)c(C)nc2c1OCO2. The molecule has 1 aromatic rings. The first-order valence-electron chi connectivity index (χ1n) is 4.49. The Morgan fingerprint density at radius 2 is 2.08 bits per heavy atom. The summed E-state index contributed by atoms with van der Waals surface area (Å²) in [4.78, 5) is 4.31. The quantitative estimate of drug-likeness (QED) is 0.660. The first-order valence-corrected chi connectivity index (χ1v) is 4.49. The maximum Gasteiger partial charge on any atom is 0.260 e. The largest absolute Gasteiger partial charge is 0.451 e. The molecule has 1 aliphatic heterocycles. The number of nitrogens with zero attached hydrogens (tertiary/aromatic N) is 1. The normalized spacial score (nSPS) is 13.5. The second-order valence-corrected chi connectivity index (χ2v) is 3.20. The minimum absolute atomic E-state index is 0.304. The molecule has 0 aromatic carbocycles. The molecule has 0 saturated carbocycles. The van der Waals surface area contributed by atoms with Crippen molar-refractivity contribution in [1.29, 1.82) is 0 Å². The molecule has 0 N–H and O–H groups in total. The summed E-state index contributed by atoms with van der Waals surface area (Å²) in [5.74, 6) is 1.49. The molecule has 3 heteroatoms. The van der Waals surface area contributed by atoms with Gasteiger partial charge in [-0.1, -0.05) is 6.92 Å². The molecular formula is C10H13NO2. The average Bonchev–Trinajstić information content (AvgIpc) is 2.54. The lowest BCUT2D eigenvalue weighted by molar-refractivity contribution is 0.170. The number of aromatic nitrogens is 1. The van der Waals surface area contributed by atoms with Crippen LogP contribution in [0.4, 0.5) is 0 Å². The van der Waals surface area contributed by atoms with Gasteiger partial charge in [-0.2, -0.15) is 0 Å². The zero-order valence-corrected chi connectivity index (χ0v) is 8.18. The van der Waals surface area contributed by atoms with Crippen LogP contribution in [0.3, 0.4) is 0 Å². The van der Waals surface area contributed by atoms with E-state index in [9.17, 15) is 0 Å². The maximum atomic E-state index is 5.37. The van der Waals surface area contributed by atoms with Gasteiger partial charge in [-0.25, -0.2) is 4.98 Å². The molecule has 0 bridgehead atoms. The van der Waals surface area contributed by atoms with Gasteiger partial charge in [0.05, 0.1) is 0 Å². The van der Waals surface area contributed by atoms with Crippen LogP contribution in [0.25, 0.3) is 0 Å². The zero-order chi connectivity index (χ0) is 9.42. The lowest BCUT2D eigenvalue weighted by Crippen LogP contribution is -1.96. The summed E-state index contributed by atoms with van der Waals surface area (Å²) >= 11 is 0. The summed E-state index contributed by atoms with van der Waals surface area (Å²) in [5.41, 5.74) is 3.47. The fourth-order valence-electron chi connectivity index (χ4n) is 1.62. The number of hydrogen-bond acceptors (Lipinski definition) is 3. The Bertz CT molecular complexity index is 347. The number of fused-ring (bicyclic) bond motifs is 1. The molecule has 0 radical (unpaired) electrons. The minimum atomic E-state index is 0.304. The van der Waals surface area contributed by atoms with Gasteiger partial charge in [0.25, 0.3) is 5.88 Å². The van der Waals surface area contributed by atoms with E-state index >= 15 is 0 Å². The van der Waals surface area contributed by atoms with E-state index in [0.717, 1.165) is 17.9 Å². The molecule has 0 unspecified atom stereocenters. The van der Waals surface area contributed by atoms with Crippen LogP contribution < -0.4 is 9.47 Å². The van der Waals surface area contributed by atoms with Crippen LogP contribution in [0.1, 0.15) is 23.7 Å². The van der Waals surface area contributed by atoms with E-state index in [2.05, 4.69) is 18.8 Å². The Hall–Kier alpha value is -1.25. The molecule has 13 heavy (non-hydrogen) atoms. The van der Waals surface area contributed by atoms with Crippen molar-refractivity contribution in [3.63, 3.8) is 0 Å². The van der Waals surface area contributed by atoms with E-state index in [1.807, 2.05) is 6.92 Å². The Balaban J connectivity index is 2.64. The highest BCUT2D eigenvalue weighted by atomic mass is 16.7. The van der Waals surface area contributed by atoms with Gasteiger partial charge in [0.1, 0.15) is 0 Å².